The number of hydrogen-bond donors (Lipinski definition) is 2. The minimum Gasteiger partial charge on any atom is -0.495 e. The predicted octanol–water partition coefficient (Wildman–Crippen LogP) is 3.62. The van der Waals surface area contributed by atoms with Gasteiger partial charge in [-0.05, 0) is 54.4 Å². The van der Waals surface area contributed by atoms with Crippen molar-refractivity contribution >= 4 is 35.0 Å². The van der Waals surface area contributed by atoms with Gasteiger partial charge in [-0.1, -0.05) is 23.8 Å². The van der Waals surface area contributed by atoms with Crippen LogP contribution in [0.1, 0.15) is 17.5 Å². The van der Waals surface area contributed by atoms with Gasteiger partial charge in [0.2, 0.25) is 11.9 Å². The van der Waals surface area contributed by atoms with E-state index in [1.54, 1.807) is 39.4 Å². The Morgan fingerprint density at radius 3 is 2.61 bits per heavy atom. The number of amides is 1. The molecule has 2 aliphatic carbocycles. The molecule has 5 rings (SSSR count). The van der Waals surface area contributed by atoms with E-state index in [-0.39, 0.29) is 29.7 Å². The first-order chi connectivity index (χ1) is 18.4. The zero-order chi connectivity index (χ0) is 26.8. The second-order valence-electron chi connectivity index (χ2n) is 10.5. The second kappa shape index (κ2) is 11.5. The van der Waals surface area contributed by atoms with Gasteiger partial charge >= 0.3 is 0 Å². The van der Waals surface area contributed by atoms with Crippen LogP contribution in [-0.2, 0) is 22.4 Å². The Morgan fingerprint density at radius 1 is 1.16 bits per heavy atom. The van der Waals surface area contributed by atoms with E-state index in [1.807, 2.05) is 0 Å². The zero-order valence-electron chi connectivity index (χ0n) is 22.5. The second-order valence-corrected chi connectivity index (χ2v) is 11.0. The highest BCUT2D eigenvalue weighted by Crippen LogP contribution is 2.46. The molecule has 2 N–H and O–H groups in total. The molecule has 38 heavy (non-hydrogen) atoms. The summed E-state index contributed by atoms with van der Waals surface area (Å²) in [6.07, 6.45) is 8.84. The third-order valence-corrected chi connectivity index (χ3v) is 8.28. The van der Waals surface area contributed by atoms with E-state index in [0.717, 1.165) is 56.9 Å². The number of allylic oxidation sites excluding steroid dienone is 1. The molecule has 1 amide bonds. The SMILES string of the molecule is COCCN1CCc2cc(Nc3ncc(Cl)c(N[C@@H]4[C@H](C(=O)N(C)C)[C@H]5C=C[C@@H]4C5)n3)c(OC)cc2CC1. The number of anilines is 3. The largest absolute Gasteiger partial charge is 0.495 e. The van der Waals surface area contributed by atoms with Crippen molar-refractivity contribution in [3.8, 4) is 5.75 Å². The number of halogens is 1. The summed E-state index contributed by atoms with van der Waals surface area (Å²) in [5, 5.41) is 7.26. The number of nitrogens with zero attached hydrogens (tertiary/aromatic N) is 4. The van der Waals surface area contributed by atoms with E-state index in [0.29, 0.717) is 16.8 Å². The molecule has 1 aromatic heterocycles. The number of carbonyl (C=O) groups is 1. The number of carbonyl (C=O) groups excluding carboxylic acids is 1. The summed E-state index contributed by atoms with van der Waals surface area (Å²) in [5.74, 6) is 2.17. The molecule has 1 fully saturated rings. The molecule has 0 unspecified atom stereocenters. The van der Waals surface area contributed by atoms with Crippen LogP contribution in [0.5, 0.6) is 5.75 Å². The number of hydrogen-bond acceptors (Lipinski definition) is 8. The molecule has 204 valence electrons. The third-order valence-electron chi connectivity index (χ3n) is 8.01. The standard InChI is InChI=1S/C28H37ClN6O3/c1-34(2)27(36)24-19-5-6-20(13-19)25(24)32-26-21(29)16-30-28(33-26)31-22-14-17-7-9-35(11-12-37-3)10-8-18(17)15-23(22)38-4/h5-6,14-16,19-20,24-25H,7-13H2,1-4H3,(H2,30,31,32,33)/t19-,20+,24+,25-/m0/s1. The van der Waals surface area contributed by atoms with Crippen molar-refractivity contribution < 1.29 is 14.3 Å². The highest BCUT2D eigenvalue weighted by molar-refractivity contribution is 6.32. The quantitative estimate of drug-likeness (QED) is 0.466. The van der Waals surface area contributed by atoms with Gasteiger partial charge in [0.1, 0.15) is 10.8 Å². The van der Waals surface area contributed by atoms with Crippen LogP contribution in [0.2, 0.25) is 5.02 Å². The van der Waals surface area contributed by atoms with Crippen LogP contribution in [0, 0.1) is 17.8 Å². The summed E-state index contributed by atoms with van der Waals surface area (Å²) in [6, 6.07) is 4.19. The first-order valence-corrected chi connectivity index (χ1v) is 13.6. The molecule has 0 radical (unpaired) electrons. The molecule has 1 aromatic carbocycles. The monoisotopic (exact) mass is 540 g/mol. The molecule has 0 saturated heterocycles. The molecule has 0 spiro atoms. The van der Waals surface area contributed by atoms with Gasteiger partial charge in [-0.15, -0.1) is 0 Å². The predicted molar refractivity (Wildman–Crippen MR) is 149 cm³/mol. The first kappa shape index (κ1) is 26.7. The lowest BCUT2D eigenvalue weighted by molar-refractivity contribution is -0.133. The van der Waals surface area contributed by atoms with Crippen molar-refractivity contribution in [3.63, 3.8) is 0 Å². The smallest absolute Gasteiger partial charge is 0.229 e. The van der Waals surface area contributed by atoms with Crippen molar-refractivity contribution in [2.45, 2.75) is 25.3 Å². The Balaban J connectivity index is 1.35. The fourth-order valence-electron chi connectivity index (χ4n) is 5.97. The maximum atomic E-state index is 13.0. The van der Waals surface area contributed by atoms with E-state index in [2.05, 4.69) is 44.8 Å². The number of benzene rings is 1. The third kappa shape index (κ3) is 5.46. The Hall–Kier alpha value is -2.88. The summed E-state index contributed by atoms with van der Waals surface area (Å²) in [5.41, 5.74) is 3.40. The Kier molecular flexibility index (Phi) is 8.07. The lowest BCUT2D eigenvalue weighted by atomic mass is 9.87. The maximum Gasteiger partial charge on any atom is 0.229 e. The fraction of sp³-hybridized carbons (Fsp3) is 0.536. The van der Waals surface area contributed by atoms with Gasteiger partial charge < -0.3 is 29.9 Å². The van der Waals surface area contributed by atoms with Gasteiger partial charge in [0, 0.05) is 46.9 Å². The van der Waals surface area contributed by atoms with Crippen LogP contribution < -0.4 is 15.4 Å². The number of methoxy groups -OCH3 is 2. The summed E-state index contributed by atoms with van der Waals surface area (Å²) >= 11 is 6.52. The normalized spacial score (nSPS) is 24.1. The first-order valence-electron chi connectivity index (χ1n) is 13.2. The summed E-state index contributed by atoms with van der Waals surface area (Å²) in [6.45, 7) is 3.65. The highest BCUT2D eigenvalue weighted by Gasteiger charge is 2.49. The van der Waals surface area contributed by atoms with Gasteiger partial charge in [0.25, 0.3) is 0 Å². The molecule has 1 aliphatic heterocycles. The Morgan fingerprint density at radius 2 is 1.89 bits per heavy atom. The van der Waals surface area contributed by atoms with Crippen LogP contribution in [-0.4, -0.2) is 86.3 Å². The molecule has 2 bridgehead atoms. The number of aromatic nitrogens is 2. The molecule has 3 aliphatic rings. The van der Waals surface area contributed by atoms with Crippen LogP contribution in [0.15, 0.2) is 30.5 Å². The van der Waals surface area contributed by atoms with E-state index in [4.69, 9.17) is 26.1 Å². The van der Waals surface area contributed by atoms with Crippen molar-refractivity contribution in [1.82, 2.24) is 19.8 Å². The average molecular weight is 541 g/mol. The van der Waals surface area contributed by atoms with Crippen LogP contribution in [0.3, 0.4) is 0 Å². The zero-order valence-corrected chi connectivity index (χ0v) is 23.3. The molecular formula is C28H37ClN6O3. The molecule has 10 heteroatoms. The van der Waals surface area contributed by atoms with Crippen LogP contribution in [0.4, 0.5) is 17.5 Å². The van der Waals surface area contributed by atoms with Crippen molar-refractivity contribution in [2.75, 3.05) is 65.2 Å². The lowest BCUT2D eigenvalue weighted by Crippen LogP contribution is -2.43. The maximum absolute atomic E-state index is 13.0. The van der Waals surface area contributed by atoms with Crippen LogP contribution in [0.25, 0.3) is 0 Å². The molecule has 1 saturated carbocycles. The van der Waals surface area contributed by atoms with Gasteiger partial charge in [-0.2, -0.15) is 4.98 Å². The number of fused-ring (bicyclic) bond motifs is 3. The molecular weight excluding hydrogens is 504 g/mol. The van der Waals surface area contributed by atoms with Gasteiger partial charge in [0.15, 0.2) is 5.82 Å². The summed E-state index contributed by atoms with van der Waals surface area (Å²) in [4.78, 5) is 26.2. The minimum absolute atomic E-state index is 0.0664. The van der Waals surface area contributed by atoms with E-state index in [1.165, 1.54) is 11.1 Å². The number of rotatable bonds is 9. The minimum atomic E-state index is -0.143. The molecule has 2 aromatic rings. The van der Waals surface area contributed by atoms with Gasteiger partial charge in [-0.25, -0.2) is 4.98 Å². The van der Waals surface area contributed by atoms with E-state index >= 15 is 0 Å². The molecule has 9 nitrogen and oxygen atoms in total. The molecule has 2 heterocycles. The Labute approximate surface area is 229 Å². The summed E-state index contributed by atoms with van der Waals surface area (Å²) in [7, 11) is 7.03. The highest BCUT2D eigenvalue weighted by atomic mass is 35.5. The average Bonchev–Trinajstić information content (AvgIpc) is 3.46. The van der Waals surface area contributed by atoms with Gasteiger partial charge in [-0.3, -0.25) is 4.79 Å². The van der Waals surface area contributed by atoms with Crippen molar-refractivity contribution in [2.24, 2.45) is 17.8 Å². The topological polar surface area (TPSA) is 91.9 Å². The fourth-order valence-corrected chi connectivity index (χ4v) is 6.12. The van der Waals surface area contributed by atoms with Crippen molar-refractivity contribution in [3.05, 3.63) is 46.6 Å². The van der Waals surface area contributed by atoms with Crippen LogP contribution >= 0.6 is 11.6 Å². The van der Waals surface area contributed by atoms with E-state index < -0.39 is 0 Å². The number of ether oxygens (including phenoxy) is 2. The lowest BCUT2D eigenvalue weighted by Gasteiger charge is -2.30. The number of nitrogens with one attached hydrogen (secondary N) is 2. The summed E-state index contributed by atoms with van der Waals surface area (Å²) < 4.78 is 11.0. The van der Waals surface area contributed by atoms with Crippen molar-refractivity contribution in [1.29, 1.82) is 0 Å². The molecule has 4 atom stereocenters. The van der Waals surface area contributed by atoms with E-state index in [9.17, 15) is 4.79 Å². The Bertz CT molecular complexity index is 1210. The van der Waals surface area contributed by atoms with Gasteiger partial charge in [0.05, 0.1) is 31.5 Å².